The number of nitriles is 1. The molecule has 0 saturated carbocycles. The molecule has 208 valence electrons. The summed E-state index contributed by atoms with van der Waals surface area (Å²) in [5, 5.41) is 14.3. The molecule has 1 N–H and O–H groups in total. The minimum Gasteiger partial charge on any atom is -0.474 e. The largest absolute Gasteiger partial charge is 0.474 e. The van der Waals surface area contributed by atoms with Crippen LogP contribution in [0.15, 0.2) is 41.7 Å². The number of carbonyl (C=O) groups is 1. The van der Waals surface area contributed by atoms with Crippen molar-refractivity contribution < 1.29 is 22.7 Å². The van der Waals surface area contributed by atoms with Gasteiger partial charge in [0.1, 0.15) is 24.1 Å². The standard InChI is InChI=1S/C25H24F3N9O3/c26-25(27,28)22-19(13-32-34-23(22)38)37-5-1-2-17(37)15-40-21-14-30-12-18(33-21)24(39)36-8-6-35(7-9-36)20-4-3-16(10-29)11-31-20/h3-4,11-14,17H,1-2,5-9,15H2,(H,34,38). The normalized spacial score (nSPS) is 17.6. The zero-order valence-electron chi connectivity index (χ0n) is 21.1. The van der Waals surface area contributed by atoms with Crippen molar-refractivity contribution in [2.24, 2.45) is 0 Å². The lowest BCUT2D eigenvalue weighted by Gasteiger charge is -2.35. The maximum atomic E-state index is 13.6. The number of halogens is 3. The number of ether oxygens (including phenoxy) is 1. The second-order valence-electron chi connectivity index (χ2n) is 9.30. The molecule has 1 amide bonds. The number of nitrogens with one attached hydrogen (secondary N) is 1. The van der Waals surface area contributed by atoms with Gasteiger partial charge in [0, 0.05) is 38.9 Å². The average molecular weight is 556 g/mol. The highest BCUT2D eigenvalue weighted by Gasteiger charge is 2.40. The minimum atomic E-state index is -4.84. The van der Waals surface area contributed by atoms with E-state index in [-0.39, 0.29) is 29.8 Å². The molecule has 1 unspecified atom stereocenters. The van der Waals surface area contributed by atoms with E-state index < -0.39 is 23.3 Å². The molecule has 0 bridgehead atoms. The summed E-state index contributed by atoms with van der Waals surface area (Å²) in [5.41, 5.74) is -2.34. The Balaban J connectivity index is 1.21. The van der Waals surface area contributed by atoms with E-state index >= 15 is 0 Å². The van der Waals surface area contributed by atoms with E-state index in [0.717, 1.165) is 12.0 Å². The van der Waals surface area contributed by atoms with Crippen LogP contribution < -0.4 is 20.1 Å². The number of hydrogen-bond acceptors (Lipinski definition) is 10. The van der Waals surface area contributed by atoms with Gasteiger partial charge in [-0.3, -0.25) is 14.6 Å². The van der Waals surface area contributed by atoms with Gasteiger partial charge in [0.05, 0.1) is 35.9 Å². The summed E-state index contributed by atoms with van der Waals surface area (Å²) >= 11 is 0. The summed E-state index contributed by atoms with van der Waals surface area (Å²) in [4.78, 5) is 42.8. The molecule has 5 heterocycles. The van der Waals surface area contributed by atoms with Gasteiger partial charge < -0.3 is 19.4 Å². The van der Waals surface area contributed by atoms with E-state index in [4.69, 9.17) is 10.00 Å². The monoisotopic (exact) mass is 555 g/mol. The molecule has 5 rings (SSSR count). The second-order valence-corrected chi connectivity index (χ2v) is 9.30. The zero-order chi connectivity index (χ0) is 28.3. The molecular formula is C25H24F3N9O3. The van der Waals surface area contributed by atoms with Crippen LogP contribution in [0, 0.1) is 11.3 Å². The summed E-state index contributed by atoms with van der Waals surface area (Å²) in [7, 11) is 0. The van der Waals surface area contributed by atoms with Gasteiger partial charge in [0.25, 0.3) is 11.5 Å². The molecule has 40 heavy (non-hydrogen) atoms. The van der Waals surface area contributed by atoms with Gasteiger partial charge in [-0.05, 0) is 25.0 Å². The first-order chi connectivity index (χ1) is 19.2. The van der Waals surface area contributed by atoms with Crippen molar-refractivity contribution in [3.05, 3.63) is 64.1 Å². The van der Waals surface area contributed by atoms with Crippen molar-refractivity contribution in [3.63, 3.8) is 0 Å². The number of rotatable bonds is 6. The number of nitrogens with zero attached hydrogens (tertiary/aromatic N) is 8. The lowest BCUT2D eigenvalue weighted by Crippen LogP contribution is -2.49. The van der Waals surface area contributed by atoms with Gasteiger partial charge in [0.15, 0.2) is 5.69 Å². The number of alkyl halides is 3. The molecule has 1 atom stereocenters. The van der Waals surface area contributed by atoms with Gasteiger partial charge >= 0.3 is 6.18 Å². The SMILES string of the molecule is N#Cc1ccc(N2CCN(C(=O)c3cncc(OCC4CCCN4c4cn[nH]c(=O)c4C(F)(F)F)n3)CC2)nc1. The Morgan fingerprint density at radius 1 is 1.12 bits per heavy atom. The summed E-state index contributed by atoms with van der Waals surface area (Å²) in [5.74, 6) is 0.468. The molecule has 2 saturated heterocycles. The summed E-state index contributed by atoms with van der Waals surface area (Å²) in [6, 6.07) is 5.03. The van der Waals surface area contributed by atoms with Crippen molar-refractivity contribution in [2.75, 3.05) is 49.1 Å². The molecule has 2 aliphatic rings. The Morgan fingerprint density at radius 3 is 2.62 bits per heavy atom. The highest BCUT2D eigenvalue weighted by atomic mass is 19.4. The number of anilines is 2. The Labute approximate surface area is 226 Å². The van der Waals surface area contributed by atoms with Crippen LogP contribution >= 0.6 is 0 Å². The fourth-order valence-corrected chi connectivity index (χ4v) is 4.85. The molecule has 0 aromatic carbocycles. The van der Waals surface area contributed by atoms with E-state index in [2.05, 4.69) is 20.1 Å². The third-order valence-electron chi connectivity index (χ3n) is 6.83. The van der Waals surface area contributed by atoms with Crippen LogP contribution in [0.3, 0.4) is 0 Å². The van der Waals surface area contributed by atoms with Crippen LogP contribution in [-0.2, 0) is 6.18 Å². The van der Waals surface area contributed by atoms with Crippen molar-refractivity contribution in [3.8, 4) is 11.9 Å². The third-order valence-corrected chi connectivity index (χ3v) is 6.83. The highest BCUT2D eigenvalue weighted by molar-refractivity contribution is 5.92. The van der Waals surface area contributed by atoms with E-state index in [1.807, 2.05) is 16.1 Å². The first kappa shape index (κ1) is 26.9. The zero-order valence-corrected chi connectivity index (χ0v) is 21.1. The van der Waals surface area contributed by atoms with Gasteiger partial charge in [-0.15, -0.1) is 0 Å². The predicted octanol–water partition coefficient (Wildman–Crippen LogP) is 1.86. The van der Waals surface area contributed by atoms with Gasteiger partial charge in [-0.2, -0.15) is 23.5 Å². The highest BCUT2D eigenvalue weighted by Crippen LogP contribution is 2.36. The van der Waals surface area contributed by atoms with E-state index in [9.17, 15) is 22.8 Å². The number of H-pyrrole nitrogens is 1. The van der Waals surface area contributed by atoms with E-state index in [1.54, 1.807) is 17.0 Å². The molecule has 3 aromatic rings. The first-order valence-corrected chi connectivity index (χ1v) is 12.5. The molecule has 0 radical (unpaired) electrons. The number of aromatic amines is 1. The molecule has 0 aliphatic carbocycles. The summed E-state index contributed by atoms with van der Waals surface area (Å²) in [6.45, 7) is 2.22. The second kappa shape index (κ2) is 11.2. The molecule has 12 nitrogen and oxygen atoms in total. The predicted molar refractivity (Wildman–Crippen MR) is 135 cm³/mol. The van der Waals surface area contributed by atoms with Crippen LogP contribution in [-0.4, -0.2) is 81.3 Å². The van der Waals surface area contributed by atoms with Crippen LogP contribution in [0.1, 0.15) is 34.5 Å². The minimum absolute atomic E-state index is 0.0211. The number of carbonyl (C=O) groups excluding carboxylic acids is 1. The molecule has 2 fully saturated rings. The molecule has 3 aromatic heterocycles. The number of pyridine rings is 1. The number of piperazine rings is 1. The smallest absolute Gasteiger partial charge is 0.423 e. The molecule has 15 heteroatoms. The molecule has 0 spiro atoms. The summed E-state index contributed by atoms with van der Waals surface area (Å²) < 4.78 is 46.5. The maximum Gasteiger partial charge on any atom is 0.423 e. The molecule has 2 aliphatic heterocycles. The van der Waals surface area contributed by atoms with Gasteiger partial charge in [-0.1, -0.05) is 0 Å². The first-order valence-electron chi connectivity index (χ1n) is 12.5. The van der Waals surface area contributed by atoms with Crippen LogP contribution in [0.2, 0.25) is 0 Å². The van der Waals surface area contributed by atoms with Crippen LogP contribution in [0.4, 0.5) is 24.7 Å². The van der Waals surface area contributed by atoms with E-state index in [0.29, 0.717) is 51.1 Å². The van der Waals surface area contributed by atoms with Crippen LogP contribution in [0.5, 0.6) is 5.88 Å². The number of aromatic nitrogens is 5. The Hall–Kier alpha value is -4.74. The Morgan fingerprint density at radius 2 is 1.93 bits per heavy atom. The van der Waals surface area contributed by atoms with Crippen molar-refractivity contribution >= 4 is 17.4 Å². The number of hydrogen-bond donors (Lipinski definition) is 1. The van der Waals surface area contributed by atoms with E-state index in [1.165, 1.54) is 23.5 Å². The van der Waals surface area contributed by atoms with Gasteiger partial charge in [-0.25, -0.2) is 15.1 Å². The molecular weight excluding hydrogens is 531 g/mol. The van der Waals surface area contributed by atoms with Gasteiger partial charge in [0.2, 0.25) is 5.88 Å². The fourth-order valence-electron chi connectivity index (χ4n) is 4.85. The lowest BCUT2D eigenvalue weighted by molar-refractivity contribution is -0.138. The third kappa shape index (κ3) is 5.65. The van der Waals surface area contributed by atoms with Crippen molar-refractivity contribution in [2.45, 2.75) is 25.1 Å². The number of amides is 1. The lowest BCUT2D eigenvalue weighted by atomic mass is 10.2. The topological polar surface area (TPSA) is 144 Å². The summed E-state index contributed by atoms with van der Waals surface area (Å²) in [6.07, 6.45) is 1.47. The average Bonchev–Trinajstić information content (AvgIpc) is 3.44. The van der Waals surface area contributed by atoms with Crippen LogP contribution in [0.25, 0.3) is 0 Å². The van der Waals surface area contributed by atoms with Crippen molar-refractivity contribution in [1.29, 1.82) is 5.26 Å². The quantitative estimate of drug-likeness (QED) is 0.479. The fraction of sp³-hybridized carbons (Fsp3) is 0.400. The maximum absolute atomic E-state index is 13.6. The van der Waals surface area contributed by atoms with Crippen molar-refractivity contribution in [1.82, 2.24) is 30.0 Å². The Kier molecular flexibility index (Phi) is 7.50. The Bertz CT molecular complexity index is 1470.